The van der Waals surface area contributed by atoms with Gasteiger partial charge >= 0.3 is 0 Å². The molecular formula is C26H19ClFNO5S. The molecule has 178 valence electrons. The summed E-state index contributed by atoms with van der Waals surface area (Å²) in [6.45, 7) is -0.476. The Morgan fingerprint density at radius 2 is 1.83 bits per heavy atom. The van der Waals surface area contributed by atoms with Gasteiger partial charge < -0.3 is 9.47 Å². The molecule has 0 N–H and O–H groups in total. The van der Waals surface area contributed by atoms with Gasteiger partial charge in [-0.2, -0.15) is 0 Å². The van der Waals surface area contributed by atoms with E-state index in [1.54, 1.807) is 54.6 Å². The number of methoxy groups -OCH3 is 1. The first-order chi connectivity index (χ1) is 16.9. The van der Waals surface area contributed by atoms with Crippen molar-refractivity contribution in [2.24, 2.45) is 0 Å². The predicted octanol–water partition coefficient (Wildman–Crippen LogP) is 5.99. The molecule has 6 nitrogen and oxygen atoms in total. The molecule has 0 spiro atoms. The minimum atomic E-state index is -0.555. The Labute approximate surface area is 210 Å². The zero-order valence-electron chi connectivity index (χ0n) is 18.5. The molecule has 2 amide bonds. The number of hydrogen-bond acceptors (Lipinski definition) is 6. The van der Waals surface area contributed by atoms with Crippen molar-refractivity contribution >= 4 is 46.4 Å². The molecule has 0 bridgehead atoms. The van der Waals surface area contributed by atoms with Crippen LogP contribution < -0.4 is 9.47 Å². The third kappa shape index (κ3) is 5.55. The maximum Gasteiger partial charge on any atom is 0.293 e. The monoisotopic (exact) mass is 511 g/mol. The molecule has 1 fully saturated rings. The average Bonchev–Trinajstić information content (AvgIpc) is 3.11. The second-order valence-electron chi connectivity index (χ2n) is 7.46. The van der Waals surface area contributed by atoms with E-state index in [2.05, 4.69) is 0 Å². The fourth-order valence-corrected chi connectivity index (χ4v) is 4.42. The summed E-state index contributed by atoms with van der Waals surface area (Å²) >= 11 is 6.82. The fraction of sp³-hybridized carbons (Fsp3) is 0.115. The summed E-state index contributed by atoms with van der Waals surface area (Å²) in [7, 11) is 1.47. The van der Waals surface area contributed by atoms with Gasteiger partial charge in [0.1, 0.15) is 12.4 Å². The fourth-order valence-electron chi connectivity index (χ4n) is 3.36. The van der Waals surface area contributed by atoms with Crippen LogP contribution in [0.3, 0.4) is 0 Å². The van der Waals surface area contributed by atoms with Crippen molar-refractivity contribution in [1.82, 2.24) is 4.90 Å². The average molecular weight is 512 g/mol. The number of carbonyl (C=O) groups is 3. The Morgan fingerprint density at radius 3 is 2.54 bits per heavy atom. The summed E-state index contributed by atoms with van der Waals surface area (Å²) in [5, 5.41) is -0.288. The Kier molecular flexibility index (Phi) is 7.53. The van der Waals surface area contributed by atoms with Gasteiger partial charge in [0.25, 0.3) is 11.1 Å². The van der Waals surface area contributed by atoms with Gasteiger partial charge in [-0.15, -0.1) is 0 Å². The molecule has 9 heteroatoms. The maximum atomic E-state index is 14.1. The minimum Gasteiger partial charge on any atom is -0.493 e. The molecule has 3 aromatic rings. The van der Waals surface area contributed by atoms with Gasteiger partial charge in [0, 0.05) is 11.1 Å². The lowest BCUT2D eigenvalue weighted by Gasteiger charge is -2.13. The van der Waals surface area contributed by atoms with Crippen LogP contribution in [0, 0.1) is 5.82 Å². The number of ketones is 1. The van der Waals surface area contributed by atoms with E-state index < -0.39 is 17.0 Å². The van der Waals surface area contributed by atoms with Crippen LogP contribution in [0.4, 0.5) is 9.18 Å². The largest absolute Gasteiger partial charge is 0.493 e. The predicted molar refractivity (Wildman–Crippen MR) is 132 cm³/mol. The van der Waals surface area contributed by atoms with Crippen molar-refractivity contribution in [3.63, 3.8) is 0 Å². The Balaban J connectivity index is 1.52. The van der Waals surface area contributed by atoms with E-state index in [9.17, 15) is 18.8 Å². The van der Waals surface area contributed by atoms with Gasteiger partial charge in [0.2, 0.25) is 0 Å². The van der Waals surface area contributed by atoms with Crippen molar-refractivity contribution in [3.05, 3.63) is 99.2 Å². The zero-order valence-corrected chi connectivity index (χ0v) is 20.1. The van der Waals surface area contributed by atoms with Gasteiger partial charge in [0.15, 0.2) is 17.3 Å². The summed E-state index contributed by atoms with van der Waals surface area (Å²) in [4.78, 5) is 38.8. The SMILES string of the molecule is COc1ccc(/C=C2/SC(=O)N(CC(=O)c3ccccc3)C2=O)cc1OCc1c(F)cccc1Cl. The Morgan fingerprint density at radius 1 is 1.06 bits per heavy atom. The number of rotatable bonds is 8. The topological polar surface area (TPSA) is 72.9 Å². The number of imide groups is 1. The molecule has 35 heavy (non-hydrogen) atoms. The van der Waals surface area contributed by atoms with E-state index in [1.165, 1.54) is 25.3 Å². The summed E-state index contributed by atoms with van der Waals surface area (Å²) in [5.74, 6) is -0.677. The smallest absolute Gasteiger partial charge is 0.293 e. The van der Waals surface area contributed by atoms with Crippen LogP contribution in [-0.4, -0.2) is 35.5 Å². The number of Topliss-reactive ketones (excluding diaryl/α,β-unsaturated/α-hetero) is 1. The summed E-state index contributed by atoms with van der Waals surface area (Å²) in [6, 6.07) is 17.7. The van der Waals surface area contributed by atoms with Crippen LogP contribution in [0.5, 0.6) is 11.5 Å². The van der Waals surface area contributed by atoms with Crippen LogP contribution in [0.25, 0.3) is 6.08 Å². The highest BCUT2D eigenvalue weighted by atomic mass is 35.5. The third-order valence-corrected chi connectivity index (χ3v) is 6.45. The third-order valence-electron chi connectivity index (χ3n) is 5.19. The molecule has 0 saturated carbocycles. The molecule has 1 heterocycles. The quantitative estimate of drug-likeness (QED) is 0.273. The molecule has 0 aromatic heterocycles. The number of thioether (sulfide) groups is 1. The molecule has 0 radical (unpaired) electrons. The van der Waals surface area contributed by atoms with Gasteiger partial charge in [-0.05, 0) is 47.7 Å². The van der Waals surface area contributed by atoms with Crippen LogP contribution in [0.2, 0.25) is 5.02 Å². The first-order valence-electron chi connectivity index (χ1n) is 10.4. The molecule has 1 aliphatic rings. The van der Waals surface area contributed by atoms with E-state index in [0.717, 1.165) is 16.7 Å². The highest BCUT2D eigenvalue weighted by Gasteiger charge is 2.36. The minimum absolute atomic E-state index is 0.135. The summed E-state index contributed by atoms with van der Waals surface area (Å²) in [5.41, 5.74) is 1.17. The zero-order chi connectivity index (χ0) is 24.9. The highest BCUT2D eigenvalue weighted by molar-refractivity contribution is 8.18. The van der Waals surface area contributed by atoms with Crippen molar-refractivity contribution in [2.45, 2.75) is 6.61 Å². The molecule has 3 aromatic carbocycles. The Hall–Kier alpha value is -3.62. The molecule has 1 aliphatic heterocycles. The molecule has 4 rings (SSSR count). The number of benzene rings is 3. The lowest BCUT2D eigenvalue weighted by Crippen LogP contribution is -2.33. The van der Waals surface area contributed by atoms with E-state index in [4.69, 9.17) is 21.1 Å². The van der Waals surface area contributed by atoms with Crippen molar-refractivity contribution < 1.29 is 28.2 Å². The highest BCUT2D eigenvalue weighted by Crippen LogP contribution is 2.35. The summed E-state index contributed by atoms with van der Waals surface area (Å²) < 4.78 is 25.2. The van der Waals surface area contributed by atoms with E-state index in [-0.39, 0.29) is 34.4 Å². The van der Waals surface area contributed by atoms with Crippen molar-refractivity contribution in [1.29, 1.82) is 0 Å². The molecule has 0 unspecified atom stereocenters. The molecule has 0 atom stereocenters. The van der Waals surface area contributed by atoms with Gasteiger partial charge in [0.05, 0.1) is 23.6 Å². The lowest BCUT2D eigenvalue weighted by molar-refractivity contribution is -0.122. The number of hydrogen-bond donors (Lipinski definition) is 0. The van der Waals surface area contributed by atoms with Crippen molar-refractivity contribution in [3.8, 4) is 11.5 Å². The first kappa shape index (κ1) is 24.5. The number of ether oxygens (including phenoxy) is 2. The Bertz CT molecular complexity index is 1310. The number of carbonyl (C=O) groups excluding carboxylic acids is 3. The van der Waals surface area contributed by atoms with Crippen LogP contribution in [0.15, 0.2) is 71.6 Å². The second-order valence-corrected chi connectivity index (χ2v) is 8.86. The van der Waals surface area contributed by atoms with Crippen LogP contribution >= 0.6 is 23.4 Å². The standard InChI is InChI=1S/C26H19ClFNO5S/c1-33-22-11-10-16(12-23(22)34-15-18-19(27)8-5-9-20(18)28)13-24-25(31)29(26(32)35-24)14-21(30)17-6-3-2-4-7-17/h2-13H,14-15H2,1H3/b24-13+. The number of halogens is 2. The normalized spacial score (nSPS) is 14.5. The van der Waals surface area contributed by atoms with E-state index in [1.807, 2.05) is 0 Å². The number of nitrogens with zero attached hydrogens (tertiary/aromatic N) is 1. The second kappa shape index (κ2) is 10.8. The van der Waals surface area contributed by atoms with Gasteiger partial charge in [-0.25, -0.2) is 4.39 Å². The first-order valence-corrected chi connectivity index (χ1v) is 11.6. The van der Waals surface area contributed by atoms with Gasteiger partial charge in [-0.3, -0.25) is 19.3 Å². The van der Waals surface area contributed by atoms with Crippen LogP contribution in [-0.2, 0) is 11.4 Å². The van der Waals surface area contributed by atoms with E-state index >= 15 is 0 Å². The maximum absolute atomic E-state index is 14.1. The van der Waals surface area contributed by atoms with Crippen molar-refractivity contribution in [2.75, 3.05) is 13.7 Å². The molecule has 0 aliphatic carbocycles. The molecular weight excluding hydrogens is 493 g/mol. The number of amides is 2. The lowest BCUT2D eigenvalue weighted by atomic mass is 10.1. The van der Waals surface area contributed by atoms with Gasteiger partial charge in [-0.1, -0.05) is 54.1 Å². The van der Waals surface area contributed by atoms with E-state index in [0.29, 0.717) is 22.6 Å². The van der Waals surface area contributed by atoms with Crippen LogP contribution in [0.1, 0.15) is 21.5 Å². The summed E-state index contributed by atoms with van der Waals surface area (Å²) in [6.07, 6.45) is 1.53. The molecule has 1 saturated heterocycles.